The third kappa shape index (κ3) is 3.82. The van der Waals surface area contributed by atoms with E-state index in [0.29, 0.717) is 24.5 Å². The molecule has 1 aliphatic rings. The van der Waals surface area contributed by atoms with Crippen molar-refractivity contribution in [2.75, 3.05) is 38.0 Å². The van der Waals surface area contributed by atoms with Crippen LogP contribution >= 0.6 is 0 Å². The molecule has 0 unspecified atom stereocenters. The van der Waals surface area contributed by atoms with E-state index in [4.69, 9.17) is 0 Å². The molecule has 0 spiro atoms. The first kappa shape index (κ1) is 18.6. The topological polar surface area (TPSA) is 74.7 Å². The van der Waals surface area contributed by atoms with E-state index in [-0.39, 0.29) is 10.8 Å². The van der Waals surface area contributed by atoms with Crippen molar-refractivity contribution >= 4 is 21.6 Å². The summed E-state index contributed by atoms with van der Waals surface area (Å²) in [6, 6.07) is 9.92. The summed E-state index contributed by atoms with van der Waals surface area (Å²) in [5, 5.41) is 2.77. The van der Waals surface area contributed by atoms with Crippen LogP contribution in [0.25, 0.3) is 0 Å². The van der Waals surface area contributed by atoms with Crippen molar-refractivity contribution in [2.45, 2.75) is 11.8 Å². The monoisotopic (exact) mass is 376 g/mol. The number of piperazine rings is 1. The van der Waals surface area contributed by atoms with Gasteiger partial charge in [0.2, 0.25) is 10.0 Å². The minimum Gasteiger partial charge on any atom is -0.347 e. The molecule has 1 fully saturated rings. The van der Waals surface area contributed by atoms with Crippen molar-refractivity contribution in [3.8, 4) is 0 Å². The highest BCUT2D eigenvalue weighted by Gasteiger charge is 2.28. The maximum atomic E-state index is 12.9. The fourth-order valence-corrected chi connectivity index (χ4v) is 4.53. The summed E-state index contributed by atoms with van der Waals surface area (Å²) in [6.45, 7) is 5.43. The van der Waals surface area contributed by atoms with Crippen LogP contribution in [0.5, 0.6) is 0 Å². The van der Waals surface area contributed by atoms with Crippen molar-refractivity contribution < 1.29 is 13.2 Å². The number of hydrogen-bond donors (Lipinski definition) is 1. The predicted molar refractivity (Wildman–Crippen MR) is 101 cm³/mol. The van der Waals surface area contributed by atoms with E-state index in [1.807, 2.05) is 0 Å². The third-order valence-electron chi connectivity index (χ3n) is 4.68. The molecule has 0 atom stereocenters. The van der Waals surface area contributed by atoms with Crippen LogP contribution in [0.4, 0.5) is 5.69 Å². The summed E-state index contributed by atoms with van der Waals surface area (Å²) in [5.41, 5.74) is 0.971. The van der Waals surface area contributed by atoms with Crippen LogP contribution in [-0.4, -0.2) is 60.8 Å². The average Bonchev–Trinajstić information content (AvgIpc) is 3.08. The highest BCUT2D eigenvalue weighted by molar-refractivity contribution is 7.89. The molecule has 1 aromatic heterocycles. The average molecular weight is 376 g/mol. The van der Waals surface area contributed by atoms with Gasteiger partial charge in [0, 0.05) is 45.1 Å². The van der Waals surface area contributed by atoms with Gasteiger partial charge in [-0.25, -0.2) is 8.42 Å². The summed E-state index contributed by atoms with van der Waals surface area (Å²) in [4.78, 5) is 14.8. The first-order valence-electron chi connectivity index (χ1n) is 8.67. The molecule has 0 bridgehead atoms. The lowest BCUT2D eigenvalue weighted by atomic mass is 10.3. The lowest BCUT2D eigenvalue weighted by Gasteiger charge is -2.33. The van der Waals surface area contributed by atoms with Crippen LogP contribution in [0.2, 0.25) is 0 Å². The number of amides is 1. The molecule has 1 amide bonds. The molecule has 0 saturated carbocycles. The quantitative estimate of drug-likeness (QED) is 0.860. The molecule has 2 heterocycles. The summed E-state index contributed by atoms with van der Waals surface area (Å²) in [5.74, 6) is -0.274. The zero-order valence-electron chi connectivity index (χ0n) is 15.1. The Bertz CT molecular complexity index is 883. The number of aromatic nitrogens is 1. The van der Waals surface area contributed by atoms with Gasteiger partial charge >= 0.3 is 0 Å². The van der Waals surface area contributed by atoms with E-state index in [9.17, 15) is 13.2 Å². The van der Waals surface area contributed by atoms with Gasteiger partial charge in [-0.15, -0.1) is 0 Å². The summed E-state index contributed by atoms with van der Waals surface area (Å²) in [6.07, 6.45) is 1.78. The largest absolute Gasteiger partial charge is 0.347 e. The van der Waals surface area contributed by atoms with Gasteiger partial charge in [0.25, 0.3) is 5.91 Å². The lowest BCUT2D eigenvalue weighted by Crippen LogP contribution is -2.48. The van der Waals surface area contributed by atoms with Gasteiger partial charge in [0.15, 0.2) is 0 Å². The Labute approximate surface area is 154 Å². The number of anilines is 1. The molecular weight excluding hydrogens is 352 g/mol. The molecule has 26 heavy (non-hydrogen) atoms. The zero-order valence-corrected chi connectivity index (χ0v) is 15.9. The minimum absolute atomic E-state index is 0.201. The first-order chi connectivity index (χ1) is 12.4. The fourth-order valence-electron chi connectivity index (χ4n) is 3.06. The number of likely N-dealkylation sites (N-methyl/N-ethyl adjacent to an activating group) is 1. The van der Waals surface area contributed by atoms with Gasteiger partial charge in [-0.05, 0) is 36.9 Å². The second-order valence-electron chi connectivity index (χ2n) is 6.32. The molecule has 140 valence electrons. The van der Waals surface area contributed by atoms with Crippen LogP contribution in [0, 0.1) is 0 Å². The molecule has 3 rings (SSSR count). The number of aryl methyl sites for hydroxylation is 1. The van der Waals surface area contributed by atoms with E-state index >= 15 is 0 Å². The molecule has 0 aliphatic carbocycles. The van der Waals surface area contributed by atoms with Gasteiger partial charge in [-0.3, -0.25) is 4.79 Å². The highest BCUT2D eigenvalue weighted by Crippen LogP contribution is 2.21. The number of carbonyl (C=O) groups is 1. The van der Waals surface area contributed by atoms with Crippen molar-refractivity contribution in [3.63, 3.8) is 0 Å². The van der Waals surface area contributed by atoms with E-state index in [0.717, 1.165) is 19.6 Å². The van der Waals surface area contributed by atoms with Crippen LogP contribution < -0.4 is 5.32 Å². The Balaban J connectivity index is 1.76. The van der Waals surface area contributed by atoms with E-state index in [2.05, 4.69) is 17.1 Å². The normalized spacial score (nSPS) is 16.5. The fraction of sp³-hybridized carbons (Fsp3) is 0.389. The van der Waals surface area contributed by atoms with Gasteiger partial charge in [-0.2, -0.15) is 4.31 Å². The summed E-state index contributed by atoms with van der Waals surface area (Å²) >= 11 is 0. The van der Waals surface area contributed by atoms with Crippen molar-refractivity contribution in [2.24, 2.45) is 7.05 Å². The Kier molecular flexibility index (Phi) is 5.45. The first-order valence-corrected chi connectivity index (χ1v) is 10.1. The Morgan fingerprint density at radius 1 is 1.12 bits per heavy atom. The maximum Gasteiger partial charge on any atom is 0.272 e. The van der Waals surface area contributed by atoms with Gasteiger partial charge in [-0.1, -0.05) is 13.0 Å². The SMILES string of the molecule is CCN1CCN(S(=O)(=O)c2cccc(NC(=O)c3cccn3C)c2)CC1. The Morgan fingerprint density at radius 3 is 2.46 bits per heavy atom. The minimum atomic E-state index is -3.56. The molecule has 1 aliphatic heterocycles. The smallest absolute Gasteiger partial charge is 0.272 e. The number of nitrogens with one attached hydrogen (secondary N) is 1. The number of hydrogen-bond acceptors (Lipinski definition) is 4. The zero-order chi connectivity index (χ0) is 18.7. The molecule has 2 aromatic rings. The van der Waals surface area contributed by atoms with Gasteiger partial charge in [0.1, 0.15) is 5.69 Å². The number of nitrogens with zero attached hydrogens (tertiary/aromatic N) is 3. The predicted octanol–water partition coefficient (Wildman–Crippen LogP) is 1.60. The number of rotatable bonds is 5. The molecule has 8 heteroatoms. The van der Waals surface area contributed by atoms with E-state index in [1.165, 1.54) is 10.4 Å². The molecule has 1 saturated heterocycles. The van der Waals surface area contributed by atoms with Crippen molar-refractivity contribution in [1.29, 1.82) is 0 Å². The van der Waals surface area contributed by atoms with Crippen LogP contribution in [-0.2, 0) is 17.1 Å². The van der Waals surface area contributed by atoms with Crippen molar-refractivity contribution in [1.82, 2.24) is 13.8 Å². The molecule has 0 radical (unpaired) electrons. The Morgan fingerprint density at radius 2 is 1.85 bits per heavy atom. The maximum absolute atomic E-state index is 12.9. The van der Waals surface area contributed by atoms with Crippen LogP contribution in [0.1, 0.15) is 17.4 Å². The van der Waals surface area contributed by atoms with Gasteiger partial charge < -0.3 is 14.8 Å². The lowest BCUT2D eigenvalue weighted by molar-refractivity contribution is 0.101. The highest BCUT2D eigenvalue weighted by atomic mass is 32.2. The third-order valence-corrected chi connectivity index (χ3v) is 6.58. The molecule has 1 N–H and O–H groups in total. The van der Waals surface area contributed by atoms with Crippen LogP contribution in [0.15, 0.2) is 47.5 Å². The number of carbonyl (C=O) groups excluding carboxylic acids is 1. The molecule has 1 aromatic carbocycles. The molecular formula is C18H24N4O3S. The van der Waals surface area contributed by atoms with Crippen LogP contribution in [0.3, 0.4) is 0 Å². The Hall–Kier alpha value is -2.16. The van der Waals surface area contributed by atoms with Crippen molar-refractivity contribution in [3.05, 3.63) is 48.3 Å². The van der Waals surface area contributed by atoms with E-state index < -0.39 is 10.0 Å². The number of benzene rings is 1. The second-order valence-corrected chi connectivity index (χ2v) is 8.26. The standard InChI is InChI=1S/C18H24N4O3S/c1-3-21-10-12-22(13-11-21)26(24,25)16-7-4-6-15(14-16)19-18(23)17-8-5-9-20(17)2/h4-9,14H,3,10-13H2,1-2H3,(H,19,23). The van der Waals surface area contributed by atoms with E-state index in [1.54, 1.807) is 48.1 Å². The summed E-state index contributed by atoms with van der Waals surface area (Å²) in [7, 11) is -1.78. The molecule has 7 nitrogen and oxygen atoms in total. The van der Waals surface area contributed by atoms with Gasteiger partial charge in [0.05, 0.1) is 4.90 Å². The summed E-state index contributed by atoms with van der Waals surface area (Å²) < 4.78 is 29.0. The second kappa shape index (κ2) is 7.61. The number of sulfonamides is 1.